The Hall–Kier alpha value is -1.31. The van der Waals surface area contributed by atoms with Crippen LogP contribution in [0.15, 0.2) is 54.6 Å². The zero-order chi connectivity index (χ0) is 14.0. The van der Waals surface area contributed by atoms with Crippen LogP contribution in [0.5, 0.6) is 0 Å². The Kier molecular flexibility index (Phi) is 3.82. The second kappa shape index (κ2) is 5.59. The van der Waals surface area contributed by atoms with Gasteiger partial charge in [-0.2, -0.15) is 0 Å². The maximum Gasteiger partial charge on any atom is 0.0416 e. The van der Waals surface area contributed by atoms with Gasteiger partial charge in [0.2, 0.25) is 0 Å². The molecular weight excluding hydrogens is 266 g/mol. The summed E-state index contributed by atoms with van der Waals surface area (Å²) < 4.78 is 0. The molecule has 1 aliphatic carbocycles. The van der Waals surface area contributed by atoms with E-state index < -0.39 is 0 Å². The molecule has 0 spiro atoms. The zero-order valence-corrected chi connectivity index (χ0v) is 12.5. The second-order valence-electron chi connectivity index (χ2n) is 5.65. The third kappa shape index (κ3) is 2.25. The molecule has 0 amide bonds. The summed E-state index contributed by atoms with van der Waals surface area (Å²) in [5, 5.41) is 4.34. The highest BCUT2D eigenvalue weighted by Gasteiger charge is 2.45. The lowest BCUT2D eigenvalue weighted by Gasteiger charge is -2.48. The van der Waals surface area contributed by atoms with Crippen LogP contribution in [0.4, 0.5) is 0 Å². The second-order valence-corrected chi connectivity index (χ2v) is 6.09. The summed E-state index contributed by atoms with van der Waals surface area (Å²) in [7, 11) is 2.05. The standard InChI is InChI=1S/C18H20ClN/c1-20-17(14-7-5-10-16(19)13-14)18(11-6-12-18)15-8-3-2-4-9-15/h2-5,7-10,13,17,20H,6,11-12H2,1H3. The minimum absolute atomic E-state index is 0.209. The van der Waals surface area contributed by atoms with Gasteiger partial charge in [0.15, 0.2) is 0 Å². The van der Waals surface area contributed by atoms with Gasteiger partial charge in [-0.1, -0.05) is 60.5 Å². The number of benzene rings is 2. The van der Waals surface area contributed by atoms with E-state index in [1.54, 1.807) is 0 Å². The molecule has 0 radical (unpaired) electrons. The lowest BCUT2D eigenvalue weighted by atomic mass is 9.59. The predicted molar refractivity (Wildman–Crippen MR) is 85.2 cm³/mol. The van der Waals surface area contributed by atoms with Crippen LogP contribution < -0.4 is 5.32 Å². The molecule has 0 heterocycles. The molecule has 1 N–H and O–H groups in total. The smallest absolute Gasteiger partial charge is 0.0416 e. The van der Waals surface area contributed by atoms with Crippen molar-refractivity contribution in [2.24, 2.45) is 0 Å². The molecule has 0 bridgehead atoms. The Morgan fingerprint density at radius 2 is 1.80 bits per heavy atom. The number of halogens is 1. The van der Waals surface area contributed by atoms with Crippen LogP contribution in [0, 0.1) is 0 Å². The molecule has 104 valence electrons. The van der Waals surface area contributed by atoms with Gasteiger partial charge >= 0.3 is 0 Å². The van der Waals surface area contributed by atoms with Crippen LogP contribution in [-0.2, 0) is 5.41 Å². The average Bonchev–Trinajstić information content (AvgIpc) is 2.43. The molecule has 0 saturated heterocycles. The highest BCUT2D eigenvalue weighted by atomic mass is 35.5. The molecule has 1 saturated carbocycles. The van der Waals surface area contributed by atoms with Gasteiger partial charge in [0.1, 0.15) is 0 Å². The van der Waals surface area contributed by atoms with E-state index >= 15 is 0 Å². The molecule has 2 aromatic rings. The van der Waals surface area contributed by atoms with Crippen LogP contribution in [0.25, 0.3) is 0 Å². The van der Waals surface area contributed by atoms with Crippen LogP contribution in [0.2, 0.25) is 5.02 Å². The molecular formula is C18H20ClN. The number of rotatable bonds is 4. The number of hydrogen-bond acceptors (Lipinski definition) is 1. The van der Waals surface area contributed by atoms with Crippen molar-refractivity contribution < 1.29 is 0 Å². The van der Waals surface area contributed by atoms with Gasteiger partial charge in [0.25, 0.3) is 0 Å². The van der Waals surface area contributed by atoms with Gasteiger partial charge in [0.05, 0.1) is 0 Å². The Balaban J connectivity index is 2.03. The first-order chi connectivity index (χ1) is 9.76. The van der Waals surface area contributed by atoms with Crippen LogP contribution >= 0.6 is 11.6 Å². The third-order valence-corrected chi connectivity index (χ3v) is 4.85. The lowest BCUT2D eigenvalue weighted by Crippen LogP contribution is -2.45. The summed E-state index contributed by atoms with van der Waals surface area (Å²) in [5.41, 5.74) is 2.93. The molecule has 1 aliphatic rings. The molecule has 2 aromatic carbocycles. The highest BCUT2D eigenvalue weighted by molar-refractivity contribution is 6.30. The maximum atomic E-state index is 6.18. The minimum Gasteiger partial charge on any atom is -0.312 e. The predicted octanol–water partition coefficient (Wildman–Crippen LogP) is 4.72. The van der Waals surface area contributed by atoms with Gasteiger partial charge in [-0.25, -0.2) is 0 Å². The van der Waals surface area contributed by atoms with E-state index in [-0.39, 0.29) is 5.41 Å². The fraction of sp³-hybridized carbons (Fsp3) is 0.333. The number of likely N-dealkylation sites (N-methyl/N-ethyl adjacent to an activating group) is 1. The van der Waals surface area contributed by atoms with Gasteiger partial charge in [-0.3, -0.25) is 0 Å². The van der Waals surface area contributed by atoms with E-state index in [4.69, 9.17) is 11.6 Å². The molecule has 1 unspecified atom stereocenters. The van der Waals surface area contributed by atoms with Crippen molar-refractivity contribution in [3.05, 3.63) is 70.7 Å². The van der Waals surface area contributed by atoms with E-state index in [1.165, 1.54) is 30.4 Å². The molecule has 1 atom stereocenters. The summed E-state index contributed by atoms with van der Waals surface area (Å²) in [6.07, 6.45) is 3.76. The Morgan fingerprint density at radius 1 is 1.05 bits per heavy atom. The van der Waals surface area contributed by atoms with Crippen LogP contribution in [-0.4, -0.2) is 7.05 Å². The SMILES string of the molecule is CNC(c1cccc(Cl)c1)C1(c2ccccc2)CCC1. The largest absolute Gasteiger partial charge is 0.312 e. The first-order valence-electron chi connectivity index (χ1n) is 7.24. The third-order valence-electron chi connectivity index (χ3n) is 4.62. The topological polar surface area (TPSA) is 12.0 Å². The van der Waals surface area contributed by atoms with Crippen molar-refractivity contribution in [2.45, 2.75) is 30.7 Å². The number of nitrogens with one attached hydrogen (secondary N) is 1. The fourth-order valence-corrected chi connectivity index (χ4v) is 3.72. The fourth-order valence-electron chi connectivity index (χ4n) is 3.52. The van der Waals surface area contributed by atoms with Gasteiger partial charge in [-0.05, 0) is 43.1 Å². The highest BCUT2D eigenvalue weighted by Crippen LogP contribution is 2.52. The van der Waals surface area contributed by atoms with E-state index in [0.717, 1.165) is 5.02 Å². The average molecular weight is 286 g/mol. The van der Waals surface area contributed by atoms with Crippen molar-refractivity contribution in [2.75, 3.05) is 7.05 Å². The van der Waals surface area contributed by atoms with Crippen molar-refractivity contribution in [1.82, 2.24) is 5.32 Å². The molecule has 20 heavy (non-hydrogen) atoms. The van der Waals surface area contributed by atoms with Gasteiger partial charge in [0, 0.05) is 16.5 Å². The van der Waals surface area contributed by atoms with E-state index in [0.29, 0.717) is 6.04 Å². The summed E-state index contributed by atoms with van der Waals surface area (Å²) in [6.45, 7) is 0. The Labute approximate surface area is 126 Å². The Morgan fingerprint density at radius 3 is 2.35 bits per heavy atom. The van der Waals surface area contributed by atoms with Crippen molar-refractivity contribution >= 4 is 11.6 Å². The minimum atomic E-state index is 0.209. The van der Waals surface area contributed by atoms with Gasteiger partial charge < -0.3 is 5.32 Å². The monoisotopic (exact) mass is 285 g/mol. The lowest BCUT2D eigenvalue weighted by molar-refractivity contribution is 0.176. The molecule has 3 rings (SSSR count). The summed E-state index contributed by atoms with van der Waals surface area (Å²) >= 11 is 6.18. The van der Waals surface area contributed by atoms with Crippen molar-refractivity contribution in [1.29, 1.82) is 0 Å². The summed E-state index contributed by atoms with van der Waals surface area (Å²) in [6, 6.07) is 19.4. The molecule has 0 aliphatic heterocycles. The molecule has 1 fully saturated rings. The maximum absolute atomic E-state index is 6.18. The molecule has 0 aromatic heterocycles. The Bertz CT molecular complexity index is 575. The quantitative estimate of drug-likeness (QED) is 0.857. The van der Waals surface area contributed by atoms with E-state index in [1.807, 2.05) is 12.1 Å². The summed E-state index contributed by atoms with van der Waals surface area (Å²) in [5.74, 6) is 0. The van der Waals surface area contributed by atoms with Crippen molar-refractivity contribution in [3.63, 3.8) is 0 Å². The van der Waals surface area contributed by atoms with E-state index in [9.17, 15) is 0 Å². The zero-order valence-electron chi connectivity index (χ0n) is 11.8. The number of hydrogen-bond donors (Lipinski definition) is 1. The van der Waals surface area contributed by atoms with E-state index in [2.05, 4.69) is 54.8 Å². The first kappa shape index (κ1) is 13.7. The molecule has 1 nitrogen and oxygen atoms in total. The summed E-state index contributed by atoms with van der Waals surface area (Å²) in [4.78, 5) is 0. The molecule has 2 heteroatoms. The van der Waals surface area contributed by atoms with Crippen molar-refractivity contribution in [3.8, 4) is 0 Å². The first-order valence-corrected chi connectivity index (χ1v) is 7.62. The normalized spacial score (nSPS) is 18.3. The van der Waals surface area contributed by atoms with Crippen LogP contribution in [0.1, 0.15) is 36.4 Å². The van der Waals surface area contributed by atoms with Gasteiger partial charge in [-0.15, -0.1) is 0 Å². The van der Waals surface area contributed by atoms with Crippen LogP contribution in [0.3, 0.4) is 0 Å².